The first kappa shape index (κ1) is 12.0. The van der Waals surface area contributed by atoms with Crippen molar-refractivity contribution in [1.29, 1.82) is 0 Å². The quantitative estimate of drug-likeness (QED) is 0.835. The molecule has 18 heavy (non-hydrogen) atoms. The number of phenols is 1. The predicted octanol–water partition coefficient (Wildman–Crippen LogP) is 3.44. The minimum atomic E-state index is -0.440. The van der Waals surface area contributed by atoms with Crippen molar-refractivity contribution in [2.75, 3.05) is 0 Å². The molecule has 2 heteroatoms. The summed E-state index contributed by atoms with van der Waals surface area (Å²) in [5, 5.41) is 20.5. The summed E-state index contributed by atoms with van der Waals surface area (Å²) in [5.74, 6) is 1.69. The van der Waals surface area contributed by atoms with E-state index in [1.165, 1.54) is 25.7 Å². The van der Waals surface area contributed by atoms with Gasteiger partial charge in [-0.1, -0.05) is 19.1 Å². The van der Waals surface area contributed by atoms with Crippen LogP contribution in [0.1, 0.15) is 50.5 Å². The highest BCUT2D eigenvalue weighted by atomic mass is 16.3. The lowest BCUT2D eigenvalue weighted by molar-refractivity contribution is -0.0179. The maximum atomic E-state index is 10.9. The van der Waals surface area contributed by atoms with Crippen LogP contribution in [0.15, 0.2) is 24.3 Å². The van der Waals surface area contributed by atoms with E-state index in [-0.39, 0.29) is 0 Å². The second-order valence-electron chi connectivity index (χ2n) is 6.24. The van der Waals surface area contributed by atoms with Gasteiger partial charge < -0.3 is 10.2 Å². The molecule has 1 aromatic rings. The Hall–Kier alpha value is -1.02. The van der Waals surface area contributed by atoms with Crippen LogP contribution in [0, 0.1) is 11.8 Å². The van der Waals surface area contributed by atoms with Gasteiger partial charge in [-0.05, 0) is 67.6 Å². The molecule has 0 radical (unpaired) electrons. The normalized spacial score (nSPS) is 21.9. The van der Waals surface area contributed by atoms with E-state index in [1.807, 2.05) is 18.2 Å². The lowest BCUT2D eigenvalue weighted by atomic mass is 9.80. The van der Waals surface area contributed by atoms with E-state index >= 15 is 0 Å². The minimum absolute atomic E-state index is 0.309. The molecule has 2 nitrogen and oxygen atoms in total. The molecule has 0 aromatic heterocycles. The molecule has 3 rings (SSSR count). The topological polar surface area (TPSA) is 40.5 Å². The molecule has 0 amide bonds. The zero-order valence-corrected chi connectivity index (χ0v) is 11.0. The van der Waals surface area contributed by atoms with Crippen LogP contribution in [0.25, 0.3) is 0 Å². The van der Waals surface area contributed by atoms with Crippen LogP contribution in [0.3, 0.4) is 0 Å². The summed E-state index contributed by atoms with van der Waals surface area (Å²) in [7, 11) is 0. The summed E-state index contributed by atoms with van der Waals surface area (Å²) in [4.78, 5) is 0. The Morgan fingerprint density at radius 2 is 1.83 bits per heavy atom. The Morgan fingerprint density at radius 3 is 2.33 bits per heavy atom. The molecule has 0 heterocycles. The van der Waals surface area contributed by atoms with Crippen LogP contribution < -0.4 is 0 Å². The van der Waals surface area contributed by atoms with Crippen LogP contribution in [0.4, 0.5) is 0 Å². The Kier molecular flexibility index (Phi) is 2.86. The van der Waals surface area contributed by atoms with Gasteiger partial charge in [0.2, 0.25) is 0 Å². The Bertz CT molecular complexity index is 420. The first-order valence-electron chi connectivity index (χ1n) is 7.11. The second kappa shape index (κ2) is 4.27. The summed E-state index contributed by atoms with van der Waals surface area (Å²) in [5.41, 5.74) is 0.694. The van der Waals surface area contributed by atoms with Gasteiger partial charge in [-0.15, -0.1) is 0 Å². The average molecular weight is 246 g/mol. The van der Waals surface area contributed by atoms with E-state index in [2.05, 4.69) is 6.92 Å². The van der Waals surface area contributed by atoms with Crippen molar-refractivity contribution in [3.05, 3.63) is 29.8 Å². The molecule has 1 unspecified atom stereocenters. The van der Waals surface area contributed by atoms with E-state index in [0.717, 1.165) is 12.0 Å². The van der Waals surface area contributed by atoms with Crippen LogP contribution in [0.5, 0.6) is 5.75 Å². The molecule has 0 aliphatic heterocycles. The highest BCUT2D eigenvalue weighted by molar-refractivity contribution is 5.30. The average Bonchev–Trinajstić information content (AvgIpc) is 3.19. The summed E-state index contributed by atoms with van der Waals surface area (Å²) in [6, 6.07) is 7.45. The van der Waals surface area contributed by atoms with Gasteiger partial charge in [0, 0.05) is 0 Å². The summed E-state index contributed by atoms with van der Waals surface area (Å²) in [6.45, 7) is 2.16. The highest BCUT2D eigenvalue weighted by Gasteiger charge is 2.53. The number of aromatic hydroxyl groups is 1. The van der Waals surface area contributed by atoms with Gasteiger partial charge in [-0.3, -0.25) is 0 Å². The molecule has 1 atom stereocenters. The van der Waals surface area contributed by atoms with Crippen molar-refractivity contribution in [1.82, 2.24) is 0 Å². The molecule has 2 N–H and O–H groups in total. The maximum Gasteiger partial charge on any atom is 0.115 e. The molecule has 1 aromatic carbocycles. The van der Waals surface area contributed by atoms with Gasteiger partial charge in [0.15, 0.2) is 0 Å². The fraction of sp³-hybridized carbons (Fsp3) is 0.625. The highest BCUT2D eigenvalue weighted by Crippen LogP contribution is 2.55. The molecular formula is C16H22O2. The lowest BCUT2D eigenvalue weighted by Gasteiger charge is -2.31. The van der Waals surface area contributed by atoms with Gasteiger partial charge in [0.25, 0.3) is 0 Å². The van der Waals surface area contributed by atoms with Gasteiger partial charge in [0.1, 0.15) is 5.75 Å². The molecule has 0 bridgehead atoms. The van der Waals surface area contributed by atoms with E-state index in [1.54, 1.807) is 6.07 Å². The Morgan fingerprint density at radius 1 is 1.22 bits per heavy atom. The standard InChI is InChI=1S/C16H22O2/c1-11(12-3-2-4-15(17)9-12)10-16(18,13-5-6-13)14-7-8-14/h2-4,9,11,13-14,17-18H,5-8,10H2,1H3. The maximum absolute atomic E-state index is 10.9. The first-order valence-corrected chi connectivity index (χ1v) is 7.11. The molecule has 2 fully saturated rings. The SMILES string of the molecule is CC(CC(O)(C1CC1)C1CC1)c1cccc(O)c1. The van der Waals surface area contributed by atoms with Crippen LogP contribution in [0.2, 0.25) is 0 Å². The van der Waals surface area contributed by atoms with Gasteiger partial charge in [-0.25, -0.2) is 0 Å². The van der Waals surface area contributed by atoms with Crippen LogP contribution in [-0.2, 0) is 0 Å². The smallest absolute Gasteiger partial charge is 0.115 e. The van der Waals surface area contributed by atoms with E-state index in [0.29, 0.717) is 23.5 Å². The first-order chi connectivity index (χ1) is 8.59. The van der Waals surface area contributed by atoms with Gasteiger partial charge >= 0.3 is 0 Å². The zero-order chi connectivity index (χ0) is 12.8. The van der Waals surface area contributed by atoms with Crippen molar-refractivity contribution < 1.29 is 10.2 Å². The van der Waals surface area contributed by atoms with Crippen LogP contribution >= 0.6 is 0 Å². The van der Waals surface area contributed by atoms with Crippen LogP contribution in [-0.4, -0.2) is 15.8 Å². The lowest BCUT2D eigenvalue weighted by Crippen LogP contribution is -2.35. The number of hydrogen-bond donors (Lipinski definition) is 2. The van der Waals surface area contributed by atoms with E-state index in [9.17, 15) is 10.2 Å². The number of benzene rings is 1. The third kappa shape index (κ3) is 2.26. The van der Waals surface area contributed by atoms with E-state index < -0.39 is 5.60 Å². The fourth-order valence-electron chi connectivity index (χ4n) is 3.27. The second-order valence-corrected chi connectivity index (χ2v) is 6.24. The number of phenolic OH excluding ortho intramolecular Hbond substituents is 1. The predicted molar refractivity (Wildman–Crippen MR) is 71.5 cm³/mol. The third-order valence-electron chi connectivity index (χ3n) is 4.64. The number of aliphatic hydroxyl groups is 1. The van der Waals surface area contributed by atoms with Gasteiger partial charge in [-0.2, -0.15) is 0 Å². The van der Waals surface area contributed by atoms with Crippen molar-refractivity contribution in [2.45, 2.75) is 50.5 Å². The van der Waals surface area contributed by atoms with Crippen molar-refractivity contribution in [3.63, 3.8) is 0 Å². The molecule has 98 valence electrons. The largest absolute Gasteiger partial charge is 0.508 e. The molecule has 2 aliphatic rings. The van der Waals surface area contributed by atoms with Crippen molar-refractivity contribution >= 4 is 0 Å². The van der Waals surface area contributed by atoms with Gasteiger partial charge in [0.05, 0.1) is 5.60 Å². The van der Waals surface area contributed by atoms with Crippen molar-refractivity contribution in [2.24, 2.45) is 11.8 Å². The third-order valence-corrected chi connectivity index (χ3v) is 4.64. The number of hydrogen-bond acceptors (Lipinski definition) is 2. The zero-order valence-electron chi connectivity index (χ0n) is 11.0. The molecule has 0 saturated heterocycles. The summed E-state index contributed by atoms with van der Waals surface area (Å²) in [6.07, 6.45) is 5.62. The Labute approximate surface area is 109 Å². The molecule has 0 spiro atoms. The number of rotatable bonds is 5. The molecule has 2 aliphatic carbocycles. The summed E-state index contributed by atoms with van der Waals surface area (Å²) >= 11 is 0. The fourth-order valence-corrected chi connectivity index (χ4v) is 3.27. The molecule has 2 saturated carbocycles. The minimum Gasteiger partial charge on any atom is -0.508 e. The molecular weight excluding hydrogens is 224 g/mol. The van der Waals surface area contributed by atoms with Crippen molar-refractivity contribution in [3.8, 4) is 5.75 Å². The summed E-state index contributed by atoms with van der Waals surface area (Å²) < 4.78 is 0. The monoisotopic (exact) mass is 246 g/mol. The van der Waals surface area contributed by atoms with E-state index in [4.69, 9.17) is 0 Å². The Balaban J connectivity index is 1.74.